The van der Waals surface area contributed by atoms with Crippen LogP contribution < -0.4 is 26.2 Å². The van der Waals surface area contributed by atoms with Gasteiger partial charge in [-0.3, -0.25) is 0 Å². The minimum atomic E-state index is 0.00890. The van der Waals surface area contributed by atoms with Gasteiger partial charge in [0.05, 0.1) is 11.0 Å². The van der Waals surface area contributed by atoms with E-state index in [1.807, 2.05) is 11.3 Å². The van der Waals surface area contributed by atoms with Crippen molar-refractivity contribution in [3.63, 3.8) is 0 Å². The summed E-state index contributed by atoms with van der Waals surface area (Å²) >= 11 is 2.02. The number of thiophene rings is 1. The summed E-state index contributed by atoms with van der Waals surface area (Å²) in [6.07, 6.45) is 10.1. The minimum absolute atomic E-state index is 0.00890. The highest BCUT2D eigenvalue weighted by atomic mass is 32.1. The maximum absolute atomic E-state index is 2.98. The van der Waals surface area contributed by atoms with Crippen LogP contribution in [0.3, 0.4) is 0 Å². The molecule has 6 aromatic rings. The van der Waals surface area contributed by atoms with Gasteiger partial charge in [0.15, 0.2) is 0 Å². The van der Waals surface area contributed by atoms with Gasteiger partial charge in [0.25, 0.3) is 6.71 Å². The lowest BCUT2D eigenvalue weighted by molar-refractivity contribution is 0.0625. The summed E-state index contributed by atoms with van der Waals surface area (Å²) in [5.74, 6) is 1.16. The van der Waals surface area contributed by atoms with Crippen LogP contribution in [0.25, 0.3) is 10.1 Å². The van der Waals surface area contributed by atoms with Crippen molar-refractivity contribution in [1.82, 2.24) is 0 Å². The van der Waals surface area contributed by atoms with Crippen molar-refractivity contribution < 1.29 is 0 Å². The molecule has 4 unspecified atom stereocenters. The molecule has 0 radical (unpaired) electrons. The molecule has 4 heteroatoms. The quantitative estimate of drug-likeness (QED) is 0.129. The third-order valence-corrected chi connectivity index (χ3v) is 22.6. The second-order valence-electron chi connectivity index (χ2n) is 31.6. The lowest BCUT2D eigenvalue weighted by Gasteiger charge is -2.58. The molecule has 5 aromatic carbocycles. The number of rotatable bonds is 3. The fraction of sp³-hybridized carbons (Fsp3) is 0.528. The van der Waals surface area contributed by atoms with Crippen LogP contribution in [0.1, 0.15) is 221 Å². The summed E-state index contributed by atoms with van der Waals surface area (Å²) in [6.45, 7) is 49.8. The molecule has 2 aliphatic heterocycles. The number of hydrogen-bond donors (Lipinski definition) is 0. The van der Waals surface area contributed by atoms with E-state index in [1.54, 1.807) is 16.7 Å². The first-order valence-electron chi connectivity index (χ1n) is 29.7. The zero-order chi connectivity index (χ0) is 54.6. The molecular weight excluding hydrogens is 936 g/mol. The Bertz CT molecular complexity index is 3410. The van der Waals surface area contributed by atoms with Crippen LogP contribution in [-0.2, 0) is 32.5 Å². The highest BCUT2D eigenvalue weighted by Gasteiger charge is 2.55. The van der Waals surface area contributed by atoms with Crippen LogP contribution in [0.4, 0.5) is 27.8 Å². The first-order valence-corrected chi connectivity index (χ1v) is 30.5. The Hall–Kier alpha value is -4.54. The minimum Gasteiger partial charge on any atom is -0.335 e. The van der Waals surface area contributed by atoms with E-state index >= 15 is 0 Å². The van der Waals surface area contributed by atoms with E-state index in [0.29, 0.717) is 11.8 Å². The lowest BCUT2D eigenvalue weighted by Crippen LogP contribution is -2.63. The van der Waals surface area contributed by atoms with E-state index in [2.05, 4.69) is 239 Å². The standard InChI is InChI=1S/C72H91BN2S/c1-42-35-57-63-58(36-42)75(56-41-53-61(72(19,20)34-33-71(53,17)18)43(2)60(56)44-21-23-45(24-22-44)65(3,4)5)55-40-52-51(69(13,14)31-32-70(52,15)16)39-54(55)73(63)62-48-37-46(66(6,7)8)25-28-59(48)76-64(62)74(57)47-26-27-49-50(38-47)68(11,12)30-29-67(49,9)10/h21-28,35-41,43,56,60-61H,29-34H2,1-20H3. The Kier molecular flexibility index (Phi) is 11.3. The highest BCUT2D eigenvalue weighted by molar-refractivity contribution is 7.26. The molecule has 0 bridgehead atoms. The van der Waals surface area contributed by atoms with Gasteiger partial charge in [0.1, 0.15) is 0 Å². The fourth-order valence-electron chi connectivity index (χ4n) is 16.3. The summed E-state index contributed by atoms with van der Waals surface area (Å²) in [5, 5.41) is 2.81. The molecule has 0 amide bonds. The number of benzene rings is 5. The van der Waals surface area contributed by atoms with Gasteiger partial charge in [-0.15, -0.1) is 11.3 Å². The van der Waals surface area contributed by atoms with E-state index < -0.39 is 0 Å². The normalized spacial score (nSPS) is 25.2. The third-order valence-electron chi connectivity index (χ3n) is 21.4. The predicted octanol–water partition coefficient (Wildman–Crippen LogP) is 18.4. The molecule has 12 rings (SSSR count). The van der Waals surface area contributed by atoms with Crippen molar-refractivity contribution in [2.45, 2.75) is 221 Å². The van der Waals surface area contributed by atoms with E-state index in [-0.39, 0.29) is 62.0 Å². The zero-order valence-corrected chi connectivity index (χ0v) is 51.4. The molecule has 0 saturated heterocycles. The summed E-state index contributed by atoms with van der Waals surface area (Å²) in [4.78, 5) is 5.74. The molecule has 4 aliphatic carbocycles. The van der Waals surface area contributed by atoms with E-state index in [9.17, 15) is 0 Å². The van der Waals surface area contributed by atoms with E-state index in [0.717, 1.165) is 0 Å². The Labute approximate surface area is 464 Å². The fourth-order valence-corrected chi connectivity index (χ4v) is 17.6. The van der Waals surface area contributed by atoms with Crippen LogP contribution in [0.15, 0.2) is 96.6 Å². The average molecular weight is 1030 g/mol. The van der Waals surface area contributed by atoms with Crippen molar-refractivity contribution in [1.29, 1.82) is 0 Å². The largest absolute Gasteiger partial charge is 0.335 e. The average Bonchev–Trinajstić information content (AvgIpc) is 3.85. The second-order valence-corrected chi connectivity index (χ2v) is 32.6. The summed E-state index contributed by atoms with van der Waals surface area (Å²) < 4.78 is 1.38. The second kappa shape index (κ2) is 16.5. The molecule has 6 aliphatic rings. The Morgan fingerprint density at radius 3 is 1.71 bits per heavy atom. The molecule has 1 aromatic heterocycles. The van der Waals surface area contributed by atoms with Crippen LogP contribution >= 0.6 is 11.3 Å². The van der Waals surface area contributed by atoms with Gasteiger partial charge in [0.2, 0.25) is 0 Å². The highest BCUT2D eigenvalue weighted by Crippen LogP contribution is 2.62. The van der Waals surface area contributed by atoms with Crippen molar-refractivity contribution >= 4 is 72.3 Å². The van der Waals surface area contributed by atoms with Crippen LogP contribution in [0.5, 0.6) is 0 Å². The van der Waals surface area contributed by atoms with Crippen LogP contribution in [0.2, 0.25) is 0 Å². The van der Waals surface area contributed by atoms with Crippen molar-refractivity contribution in [2.75, 3.05) is 9.80 Å². The van der Waals surface area contributed by atoms with E-state index in [1.165, 1.54) is 126 Å². The predicted molar refractivity (Wildman–Crippen MR) is 333 cm³/mol. The van der Waals surface area contributed by atoms with Gasteiger partial charge in [-0.2, -0.15) is 0 Å². The van der Waals surface area contributed by atoms with Crippen molar-refractivity contribution in [3.05, 3.63) is 141 Å². The van der Waals surface area contributed by atoms with Crippen molar-refractivity contribution in [2.24, 2.45) is 22.7 Å². The maximum atomic E-state index is 2.98. The molecule has 76 heavy (non-hydrogen) atoms. The smallest absolute Gasteiger partial charge is 0.254 e. The SMILES string of the molecule is Cc1cc2c3c(c1)N(C1C=C4C(C(C)C1c1ccc(C(C)(C)C)cc1)C(C)(C)CCC4(C)C)c1cc4c(cc1B3c1c(sc3ccc(C(C)(C)C)cc13)N2c1ccc2c(c1)C(C)(C)CCC2(C)C)C(C)(C)CCC4(C)C. The topological polar surface area (TPSA) is 6.48 Å². The van der Waals surface area contributed by atoms with Gasteiger partial charge >= 0.3 is 0 Å². The Morgan fingerprint density at radius 2 is 1.09 bits per heavy atom. The molecule has 4 atom stereocenters. The van der Waals surface area contributed by atoms with E-state index in [4.69, 9.17) is 0 Å². The number of anilines is 5. The maximum Gasteiger partial charge on any atom is 0.254 e. The number of aryl methyl sites for hydroxylation is 1. The summed E-state index contributed by atoms with van der Waals surface area (Å²) in [6, 6.07) is 36.0. The van der Waals surface area contributed by atoms with Gasteiger partial charge in [-0.05, 0) is 203 Å². The van der Waals surface area contributed by atoms with Gasteiger partial charge in [-0.1, -0.05) is 192 Å². The molecular formula is C72H91BN2S. The molecule has 3 heterocycles. The molecule has 1 fully saturated rings. The third kappa shape index (κ3) is 7.79. The van der Waals surface area contributed by atoms with Crippen LogP contribution in [0, 0.1) is 29.6 Å². The Balaban J connectivity index is 1.22. The first kappa shape index (κ1) is 52.2. The molecule has 0 spiro atoms. The first-order chi connectivity index (χ1) is 35.2. The number of hydrogen-bond acceptors (Lipinski definition) is 3. The van der Waals surface area contributed by atoms with Gasteiger partial charge in [0, 0.05) is 33.4 Å². The van der Waals surface area contributed by atoms with Crippen LogP contribution in [-0.4, -0.2) is 12.8 Å². The lowest BCUT2D eigenvalue weighted by atomic mass is 9.33. The Morgan fingerprint density at radius 1 is 0.539 bits per heavy atom. The van der Waals surface area contributed by atoms with Gasteiger partial charge < -0.3 is 9.80 Å². The molecule has 0 N–H and O–H groups in total. The number of allylic oxidation sites excluding steroid dienone is 1. The number of fused-ring (bicyclic) bond motifs is 9. The summed E-state index contributed by atoms with van der Waals surface area (Å²) in [7, 11) is 0. The van der Waals surface area contributed by atoms with Crippen molar-refractivity contribution in [3.8, 4) is 0 Å². The molecule has 398 valence electrons. The molecule has 1 saturated carbocycles. The summed E-state index contributed by atoms with van der Waals surface area (Å²) in [5.41, 5.74) is 24.1. The monoisotopic (exact) mass is 1030 g/mol. The zero-order valence-electron chi connectivity index (χ0n) is 50.6. The number of nitrogens with zero attached hydrogens (tertiary/aromatic N) is 2. The van der Waals surface area contributed by atoms with Gasteiger partial charge in [-0.25, -0.2) is 0 Å². The molecule has 2 nitrogen and oxygen atoms in total.